The summed E-state index contributed by atoms with van der Waals surface area (Å²) in [6, 6.07) is 15.7. The summed E-state index contributed by atoms with van der Waals surface area (Å²) in [4.78, 5) is 2.48. The van der Waals surface area contributed by atoms with E-state index in [1.165, 1.54) is 30.3 Å². The maximum absolute atomic E-state index is 2.48. The Morgan fingerprint density at radius 3 is 2.61 bits per heavy atom. The molecule has 94 valence electrons. The molecule has 0 bridgehead atoms. The van der Waals surface area contributed by atoms with Crippen LogP contribution in [0, 0.1) is 5.92 Å². The van der Waals surface area contributed by atoms with Crippen LogP contribution in [0.15, 0.2) is 42.5 Å². The van der Waals surface area contributed by atoms with Gasteiger partial charge in [0.25, 0.3) is 0 Å². The molecule has 4 rings (SSSR count). The van der Waals surface area contributed by atoms with Crippen LogP contribution in [0.4, 0.5) is 0 Å². The Kier molecular flexibility index (Phi) is 2.65. The van der Waals surface area contributed by atoms with E-state index in [0.29, 0.717) is 5.41 Å². The number of piperidine rings is 1. The van der Waals surface area contributed by atoms with Crippen LogP contribution in [-0.4, -0.2) is 25.0 Å². The molecule has 18 heavy (non-hydrogen) atoms. The third kappa shape index (κ3) is 1.58. The second kappa shape index (κ2) is 3.97. The fourth-order valence-corrected chi connectivity index (χ4v) is 3.68. The predicted octanol–water partition coefficient (Wildman–Crippen LogP) is 3.46. The topological polar surface area (TPSA) is 3.24 Å². The van der Waals surface area contributed by atoms with E-state index in [9.17, 15) is 0 Å². The van der Waals surface area contributed by atoms with Crippen molar-refractivity contribution in [2.45, 2.75) is 11.8 Å². The van der Waals surface area contributed by atoms with Crippen LogP contribution in [0.5, 0.6) is 0 Å². The van der Waals surface area contributed by atoms with Gasteiger partial charge in [-0.15, -0.1) is 12.4 Å². The van der Waals surface area contributed by atoms with E-state index in [1.54, 1.807) is 5.56 Å². The Bertz CT molecular complexity index is 594. The quantitative estimate of drug-likeness (QED) is 0.758. The minimum atomic E-state index is 0. The molecule has 2 aromatic rings. The Labute approximate surface area is 114 Å². The standard InChI is InChI=1S/C16H17N.ClH/c1-17-10-15-9-16(15,11-17)14-7-6-12-4-2-3-5-13(12)8-14;/h2-8,15H,9-11H2,1H3;1H/t15-,16+;/m0./s1. The van der Waals surface area contributed by atoms with E-state index in [-0.39, 0.29) is 12.4 Å². The molecule has 0 amide bonds. The normalized spacial score (nSPS) is 29.9. The van der Waals surface area contributed by atoms with Crippen LogP contribution >= 0.6 is 12.4 Å². The summed E-state index contributed by atoms with van der Waals surface area (Å²) in [5, 5.41) is 2.75. The highest BCUT2D eigenvalue weighted by atomic mass is 35.5. The zero-order chi connectivity index (χ0) is 11.5. The van der Waals surface area contributed by atoms with Crippen LogP contribution in [0.25, 0.3) is 10.8 Å². The van der Waals surface area contributed by atoms with Gasteiger partial charge < -0.3 is 4.90 Å². The summed E-state index contributed by atoms with van der Waals surface area (Å²) >= 11 is 0. The average Bonchev–Trinajstić information content (AvgIpc) is 2.93. The second-order valence-corrected chi connectivity index (χ2v) is 5.82. The highest BCUT2D eigenvalue weighted by Gasteiger charge is 2.59. The first-order valence-corrected chi connectivity index (χ1v) is 6.46. The number of fused-ring (bicyclic) bond motifs is 2. The fourth-order valence-electron chi connectivity index (χ4n) is 3.68. The first kappa shape index (κ1) is 12.0. The first-order chi connectivity index (χ1) is 8.28. The molecule has 1 saturated heterocycles. The van der Waals surface area contributed by atoms with Gasteiger partial charge in [-0.25, -0.2) is 0 Å². The molecule has 1 heterocycles. The molecule has 1 aliphatic carbocycles. The number of nitrogens with zero attached hydrogens (tertiary/aromatic N) is 1. The number of hydrogen-bond acceptors (Lipinski definition) is 1. The summed E-state index contributed by atoms with van der Waals surface area (Å²) in [7, 11) is 2.24. The predicted molar refractivity (Wildman–Crippen MR) is 78.5 cm³/mol. The van der Waals surface area contributed by atoms with Gasteiger partial charge in [0.1, 0.15) is 0 Å². The number of hydrogen-bond donors (Lipinski definition) is 0. The number of likely N-dealkylation sites (N-methyl/N-ethyl adjacent to an activating group) is 1. The zero-order valence-electron chi connectivity index (χ0n) is 10.6. The van der Waals surface area contributed by atoms with Crippen molar-refractivity contribution < 1.29 is 0 Å². The van der Waals surface area contributed by atoms with Crippen molar-refractivity contribution in [2.24, 2.45) is 5.92 Å². The fraction of sp³-hybridized carbons (Fsp3) is 0.375. The first-order valence-electron chi connectivity index (χ1n) is 6.46. The van der Waals surface area contributed by atoms with E-state index in [0.717, 1.165) is 5.92 Å². The van der Waals surface area contributed by atoms with Crippen molar-refractivity contribution in [3.8, 4) is 0 Å². The SMILES string of the molecule is CN1C[C@@H]2C[C@]2(c2ccc3ccccc3c2)C1.Cl. The Morgan fingerprint density at radius 1 is 1.11 bits per heavy atom. The molecule has 2 atom stereocenters. The van der Waals surface area contributed by atoms with Gasteiger partial charge in [0.2, 0.25) is 0 Å². The van der Waals surface area contributed by atoms with Gasteiger partial charge in [0.15, 0.2) is 0 Å². The highest BCUT2D eigenvalue weighted by molar-refractivity contribution is 5.85. The monoisotopic (exact) mass is 259 g/mol. The lowest BCUT2D eigenvalue weighted by Gasteiger charge is -2.17. The van der Waals surface area contributed by atoms with Crippen molar-refractivity contribution in [1.82, 2.24) is 4.90 Å². The Balaban J connectivity index is 0.000001000. The Hall–Kier alpha value is -1.05. The van der Waals surface area contributed by atoms with Crippen LogP contribution in [-0.2, 0) is 5.41 Å². The zero-order valence-corrected chi connectivity index (χ0v) is 11.4. The van der Waals surface area contributed by atoms with Crippen LogP contribution in [0.3, 0.4) is 0 Å². The number of halogens is 1. The average molecular weight is 260 g/mol. The molecule has 0 unspecified atom stereocenters. The maximum Gasteiger partial charge on any atom is 0.0124 e. The Morgan fingerprint density at radius 2 is 1.89 bits per heavy atom. The number of benzene rings is 2. The highest BCUT2D eigenvalue weighted by Crippen LogP contribution is 2.58. The van der Waals surface area contributed by atoms with E-state index in [4.69, 9.17) is 0 Å². The maximum atomic E-state index is 2.48. The van der Waals surface area contributed by atoms with Crippen molar-refractivity contribution >= 4 is 23.2 Å². The summed E-state index contributed by atoms with van der Waals surface area (Å²) in [5.74, 6) is 0.911. The van der Waals surface area contributed by atoms with Gasteiger partial charge in [-0.05, 0) is 35.7 Å². The molecular formula is C16H18ClN. The number of rotatable bonds is 1. The molecule has 0 radical (unpaired) electrons. The smallest absolute Gasteiger partial charge is 0.0124 e. The van der Waals surface area contributed by atoms with Crippen molar-refractivity contribution in [3.63, 3.8) is 0 Å². The van der Waals surface area contributed by atoms with Gasteiger partial charge in [-0.2, -0.15) is 0 Å². The lowest BCUT2D eigenvalue weighted by Crippen LogP contribution is -2.22. The van der Waals surface area contributed by atoms with Gasteiger partial charge in [0.05, 0.1) is 0 Å². The summed E-state index contributed by atoms with van der Waals surface area (Å²) < 4.78 is 0. The van der Waals surface area contributed by atoms with Crippen molar-refractivity contribution in [2.75, 3.05) is 20.1 Å². The summed E-state index contributed by atoms with van der Waals surface area (Å²) in [5.41, 5.74) is 2.06. The van der Waals surface area contributed by atoms with Gasteiger partial charge in [-0.3, -0.25) is 0 Å². The molecule has 0 aromatic heterocycles. The number of likely N-dealkylation sites (tertiary alicyclic amines) is 1. The molecule has 2 aliphatic rings. The van der Waals surface area contributed by atoms with E-state index < -0.39 is 0 Å². The lowest BCUT2D eigenvalue weighted by molar-refractivity contribution is 0.363. The largest absolute Gasteiger partial charge is 0.305 e. The van der Waals surface area contributed by atoms with E-state index >= 15 is 0 Å². The summed E-state index contributed by atoms with van der Waals surface area (Å²) in [6.45, 7) is 2.53. The third-order valence-electron chi connectivity index (χ3n) is 4.64. The van der Waals surface area contributed by atoms with Crippen LogP contribution in [0.1, 0.15) is 12.0 Å². The van der Waals surface area contributed by atoms with Crippen molar-refractivity contribution in [1.29, 1.82) is 0 Å². The molecule has 2 fully saturated rings. The van der Waals surface area contributed by atoms with Crippen LogP contribution in [0.2, 0.25) is 0 Å². The molecule has 2 aromatic carbocycles. The molecule has 0 N–H and O–H groups in total. The van der Waals surface area contributed by atoms with Gasteiger partial charge in [-0.1, -0.05) is 42.5 Å². The van der Waals surface area contributed by atoms with E-state index in [2.05, 4.69) is 54.4 Å². The molecule has 1 saturated carbocycles. The molecule has 0 spiro atoms. The van der Waals surface area contributed by atoms with Crippen LogP contribution < -0.4 is 0 Å². The third-order valence-corrected chi connectivity index (χ3v) is 4.64. The molecule has 1 nitrogen and oxygen atoms in total. The second-order valence-electron chi connectivity index (χ2n) is 5.82. The lowest BCUT2D eigenvalue weighted by atomic mass is 9.93. The van der Waals surface area contributed by atoms with Gasteiger partial charge >= 0.3 is 0 Å². The summed E-state index contributed by atoms with van der Waals surface area (Å²) in [6.07, 6.45) is 1.40. The van der Waals surface area contributed by atoms with Gasteiger partial charge in [0, 0.05) is 18.5 Å². The molecule has 2 heteroatoms. The van der Waals surface area contributed by atoms with E-state index in [1.807, 2.05) is 0 Å². The van der Waals surface area contributed by atoms with Crippen molar-refractivity contribution in [3.05, 3.63) is 48.0 Å². The minimum Gasteiger partial charge on any atom is -0.305 e. The molecule has 1 aliphatic heterocycles. The minimum absolute atomic E-state index is 0. The molecular weight excluding hydrogens is 242 g/mol.